The maximum atomic E-state index is 10.7. The average molecular weight is 251 g/mol. The molecule has 18 heavy (non-hydrogen) atoms. The molecule has 1 aliphatic rings. The van der Waals surface area contributed by atoms with Crippen molar-refractivity contribution in [2.45, 2.75) is 25.5 Å². The quantitative estimate of drug-likeness (QED) is 0.831. The highest BCUT2D eigenvalue weighted by Crippen LogP contribution is 2.05. The lowest BCUT2D eigenvalue weighted by Crippen LogP contribution is -2.31. The number of rotatable bonds is 3. The van der Waals surface area contributed by atoms with Gasteiger partial charge in [-0.1, -0.05) is 30.3 Å². The smallest absolute Gasteiger partial charge is 0.322 e. The Morgan fingerprint density at radius 1 is 1.33 bits per heavy atom. The summed E-state index contributed by atoms with van der Waals surface area (Å²) in [6, 6.07) is 10.1. The fourth-order valence-corrected chi connectivity index (χ4v) is 1.77. The molecule has 1 atom stereocenters. The van der Waals surface area contributed by atoms with Crippen molar-refractivity contribution in [1.82, 2.24) is 5.32 Å². The number of nitrogens with one attached hydrogen (secondary N) is 1. The summed E-state index contributed by atoms with van der Waals surface area (Å²) in [5.74, 6) is -0.132. The van der Waals surface area contributed by atoms with Crippen LogP contribution in [0.15, 0.2) is 30.3 Å². The summed E-state index contributed by atoms with van der Waals surface area (Å²) in [4.78, 5) is 10.7. The van der Waals surface area contributed by atoms with Crippen LogP contribution in [0.25, 0.3) is 0 Å². The standard InChI is InChI=1S/C8H10O.C6H11NO2/c1-9-7-8-5-3-2-4-6-8;1-9-6(8)5-3-2-4-7-5/h2-6H,7H2,1H3;5,7H,2-4H2,1H3. The number of methoxy groups -OCH3 is 2. The first-order valence-corrected chi connectivity index (χ1v) is 6.12. The number of benzene rings is 1. The number of carbonyl (C=O) groups excluding carboxylic acids is 1. The van der Waals surface area contributed by atoms with Crippen molar-refractivity contribution in [1.29, 1.82) is 0 Å². The van der Waals surface area contributed by atoms with Gasteiger partial charge in [0.2, 0.25) is 0 Å². The maximum Gasteiger partial charge on any atom is 0.322 e. The zero-order valence-corrected chi connectivity index (χ0v) is 11.0. The minimum atomic E-state index is -0.132. The summed E-state index contributed by atoms with van der Waals surface area (Å²) in [6.45, 7) is 1.65. The third kappa shape index (κ3) is 5.29. The van der Waals surface area contributed by atoms with E-state index in [1.807, 2.05) is 30.3 Å². The van der Waals surface area contributed by atoms with Crippen LogP contribution in [-0.2, 0) is 20.9 Å². The SMILES string of the molecule is COC(=O)C1CCCN1.COCc1ccccc1. The zero-order chi connectivity index (χ0) is 13.2. The van der Waals surface area contributed by atoms with E-state index in [0.29, 0.717) is 6.61 Å². The van der Waals surface area contributed by atoms with E-state index in [1.165, 1.54) is 12.7 Å². The highest BCUT2D eigenvalue weighted by molar-refractivity contribution is 5.75. The number of hydrogen-bond acceptors (Lipinski definition) is 4. The first kappa shape index (κ1) is 14.7. The van der Waals surface area contributed by atoms with Crippen molar-refractivity contribution in [3.8, 4) is 0 Å². The number of hydrogen-bond donors (Lipinski definition) is 1. The lowest BCUT2D eigenvalue weighted by atomic mass is 10.2. The van der Waals surface area contributed by atoms with E-state index in [2.05, 4.69) is 10.1 Å². The molecule has 0 spiro atoms. The van der Waals surface area contributed by atoms with Gasteiger partial charge in [-0.3, -0.25) is 4.79 Å². The van der Waals surface area contributed by atoms with Crippen molar-refractivity contribution >= 4 is 5.97 Å². The minimum Gasteiger partial charge on any atom is -0.468 e. The summed E-state index contributed by atoms with van der Waals surface area (Å²) < 4.78 is 9.46. The minimum absolute atomic E-state index is 0.0324. The topological polar surface area (TPSA) is 47.6 Å². The molecular weight excluding hydrogens is 230 g/mol. The molecule has 0 aromatic heterocycles. The van der Waals surface area contributed by atoms with E-state index in [1.54, 1.807) is 7.11 Å². The van der Waals surface area contributed by atoms with E-state index >= 15 is 0 Å². The van der Waals surface area contributed by atoms with Crippen LogP contribution in [0.5, 0.6) is 0 Å². The molecule has 1 fully saturated rings. The Kier molecular flexibility index (Phi) is 7.06. The second-order valence-corrected chi connectivity index (χ2v) is 4.09. The van der Waals surface area contributed by atoms with E-state index < -0.39 is 0 Å². The Hall–Kier alpha value is -1.39. The van der Waals surface area contributed by atoms with Crippen LogP contribution in [0.3, 0.4) is 0 Å². The molecule has 4 heteroatoms. The second kappa shape index (κ2) is 8.66. The molecule has 0 bridgehead atoms. The van der Waals surface area contributed by atoms with Crippen LogP contribution in [0.1, 0.15) is 18.4 Å². The summed E-state index contributed by atoms with van der Waals surface area (Å²) in [7, 11) is 3.12. The molecule has 1 N–H and O–H groups in total. The largest absolute Gasteiger partial charge is 0.468 e. The second-order valence-electron chi connectivity index (χ2n) is 4.09. The van der Waals surface area contributed by atoms with Crippen molar-refractivity contribution < 1.29 is 14.3 Å². The van der Waals surface area contributed by atoms with Gasteiger partial charge in [-0.2, -0.15) is 0 Å². The van der Waals surface area contributed by atoms with Crippen LogP contribution in [0.4, 0.5) is 0 Å². The monoisotopic (exact) mass is 251 g/mol. The van der Waals surface area contributed by atoms with Crippen molar-refractivity contribution in [3.63, 3.8) is 0 Å². The van der Waals surface area contributed by atoms with Crippen LogP contribution in [0, 0.1) is 0 Å². The summed E-state index contributed by atoms with van der Waals surface area (Å²) in [5.41, 5.74) is 1.22. The third-order valence-electron chi connectivity index (χ3n) is 2.70. The Labute approximate surface area is 108 Å². The molecule has 0 radical (unpaired) electrons. The molecule has 4 nitrogen and oxygen atoms in total. The van der Waals surface area contributed by atoms with E-state index in [4.69, 9.17) is 4.74 Å². The molecule has 1 aliphatic heterocycles. The van der Waals surface area contributed by atoms with Gasteiger partial charge in [-0.15, -0.1) is 0 Å². The van der Waals surface area contributed by atoms with E-state index in [9.17, 15) is 4.79 Å². The number of ether oxygens (including phenoxy) is 2. The Bertz CT molecular complexity index is 334. The Morgan fingerprint density at radius 3 is 2.56 bits per heavy atom. The molecule has 2 rings (SSSR count). The normalized spacial score (nSPS) is 17.8. The maximum absolute atomic E-state index is 10.7. The van der Waals surface area contributed by atoms with Gasteiger partial charge in [0.25, 0.3) is 0 Å². The molecule has 1 unspecified atom stereocenters. The van der Waals surface area contributed by atoms with Crippen molar-refractivity contribution in [2.75, 3.05) is 20.8 Å². The molecule has 0 saturated carbocycles. The third-order valence-corrected chi connectivity index (χ3v) is 2.70. The van der Waals surface area contributed by atoms with Gasteiger partial charge in [0, 0.05) is 7.11 Å². The molecule has 1 aromatic carbocycles. The van der Waals surface area contributed by atoms with Crippen LogP contribution >= 0.6 is 0 Å². The first-order chi connectivity index (χ1) is 8.77. The fraction of sp³-hybridized carbons (Fsp3) is 0.500. The van der Waals surface area contributed by atoms with Crippen molar-refractivity contribution in [3.05, 3.63) is 35.9 Å². The fourth-order valence-electron chi connectivity index (χ4n) is 1.77. The van der Waals surface area contributed by atoms with E-state index in [-0.39, 0.29) is 12.0 Å². The molecule has 1 saturated heterocycles. The highest BCUT2D eigenvalue weighted by Gasteiger charge is 2.21. The highest BCUT2D eigenvalue weighted by atomic mass is 16.5. The van der Waals surface area contributed by atoms with Crippen LogP contribution in [-0.4, -0.2) is 32.8 Å². The number of carbonyl (C=O) groups is 1. The molecule has 0 aliphatic carbocycles. The predicted octanol–water partition coefficient (Wildman–Crippen LogP) is 1.74. The lowest BCUT2D eigenvalue weighted by Gasteiger charge is -2.04. The average Bonchev–Trinajstić information content (AvgIpc) is 2.94. The summed E-state index contributed by atoms with van der Waals surface area (Å²) in [6.07, 6.45) is 2.01. The van der Waals surface area contributed by atoms with Crippen LogP contribution < -0.4 is 5.32 Å². The van der Waals surface area contributed by atoms with E-state index in [0.717, 1.165) is 19.4 Å². The van der Waals surface area contributed by atoms with Gasteiger partial charge >= 0.3 is 5.97 Å². The van der Waals surface area contributed by atoms with Gasteiger partial charge in [0.15, 0.2) is 0 Å². The van der Waals surface area contributed by atoms with Gasteiger partial charge in [-0.05, 0) is 24.9 Å². The van der Waals surface area contributed by atoms with Gasteiger partial charge in [0.05, 0.1) is 13.7 Å². The Morgan fingerprint density at radius 2 is 2.06 bits per heavy atom. The predicted molar refractivity (Wildman–Crippen MR) is 70.2 cm³/mol. The van der Waals surface area contributed by atoms with Gasteiger partial charge in [-0.25, -0.2) is 0 Å². The summed E-state index contributed by atoms with van der Waals surface area (Å²) in [5, 5.41) is 3.03. The molecule has 100 valence electrons. The Balaban J connectivity index is 0.000000180. The zero-order valence-electron chi connectivity index (χ0n) is 11.0. The molecule has 1 heterocycles. The number of esters is 1. The van der Waals surface area contributed by atoms with Gasteiger partial charge < -0.3 is 14.8 Å². The van der Waals surface area contributed by atoms with Crippen molar-refractivity contribution in [2.24, 2.45) is 0 Å². The molecular formula is C14H21NO3. The van der Waals surface area contributed by atoms with Gasteiger partial charge in [0.1, 0.15) is 6.04 Å². The molecule has 1 aromatic rings. The molecule has 0 amide bonds. The lowest BCUT2D eigenvalue weighted by molar-refractivity contribution is -0.142. The van der Waals surface area contributed by atoms with Crippen LogP contribution in [0.2, 0.25) is 0 Å². The first-order valence-electron chi connectivity index (χ1n) is 6.12. The summed E-state index contributed by atoms with van der Waals surface area (Å²) >= 11 is 0.